The molecular formula is C10H22O. The summed E-state index contributed by atoms with van der Waals surface area (Å²) < 4.78 is 5.14. The summed E-state index contributed by atoms with van der Waals surface area (Å²) in [5, 5.41) is 0. The number of rotatable bonds is 4. The molecule has 1 heteroatoms. The zero-order valence-electron chi connectivity index (χ0n) is 8.61. The minimum absolute atomic E-state index is 0.444. The predicted molar refractivity (Wildman–Crippen MR) is 49.7 cm³/mol. The fraction of sp³-hybridized carbons (Fsp3) is 1.00. The van der Waals surface area contributed by atoms with E-state index in [1.54, 1.807) is 7.11 Å². The van der Waals surface area contributed by atoms with Crippen LogP contribution in [0, 0.1) is 11.3 Å². The monoisotopic (exact) mass is 158 g/mol. The molecule has 0 rings (SSSR count). The van der Waals surface area contributed by atoms with E-state index in [4.69, 9.17) is 4.74 Å². The van der Waals surface area contributed by atoms with Gasteiger partial charge in [0.1, 0.15) is 0 Å². The highest BCUT2D eigenvalue weighted by molar-refractivity contribution is 4.67. The lowest BCUT2D eigenvalue weighted by atomic mass is 9.84. The van der Waals surface area contributed by atoms with Crippen molar-refractivity contribution in [2.75, 3.05) is 13.7 Å². The Kier molecular flexibility index (Phi) is 4.74. The second-order valence-corrected chi connectivity index (χ2v) is 4.49. The Balaban J connectivity index is 3.68. The van der Waals surface area contributed by atoms with Crippen LogP contribution in [0.3, 0.4) is 0 Å². The summed E-state index contributed by atoms with van der Waals surface area (Å²) in [7, 11) is 1.78. The minimum atomic E-state index is 0.444. The molecule has 68 valence electrons. The highest BCUT2D eigenvalue weighted by Crippen LogP contribution is 2.26. The molecule has 1 atom stereocenters. The third kappa shape index (κ3) is 6.36. The molecule has 0 heterocycles. The van der Waals surface area contributed by atoms with E-state index in [1.807, 2.05) is 0 Å². The maximum absolute atomic E-state index is 5.14. The molecule has 0 aromatic carbocycles. The van der Waals surface area contributed by atoms with E-state index in [-0.39, 0.29) is 0 Å². The van der Waals surface area contributed by atoms with Gasteiger partial charge in [-0.2, -0.15) is 0 Å². The first-order valence-electron chi connectivity index (χ1n) is 4.48. The lowest BCUT2D eigenvalue weighted by Gasteiger charge is -2.24. The summed E-state index contributed by atoms with van der Waals surface area (Å²) in [4.78, 5) is 0. The largest absolute Gasteiger partial charge is 0.384 e. The highest BCUT2D eigenvalue weighted by Gasteiger charge is 2.16. The van der Waals surface area contributed by atoms with Gasteiger partial charge in [-0.1, -0.05) is 34.1 Å². The Hall–Kier alpha value is -0.0400. The molecular weight excluding hydrogens is 136 g/mol. The number of hydrogen-bond donors (Lipinski definition) is 0. The van der Waals surface area contributed by atoms with Crippen LogP contribution in [0.5, 0.6) is 0 Å². The Morgan fingerprint density at radius 2 is 1.82 bits per heavy atom. The molecule has 1 nitrogen and oxygen atoms in total. The molecule has 0 bridgehead atoms. The fourth-order valence-electron chi connectivity index (χ4n) is 1.42. The molecule has 0 radical (unpaired) electrons. The van der Waals surface area contributed by atoms with E-state index in [0.29, 0.717) is 5.41 Å². The van der Waals surface area contributed by atoms with Crippen LogP contribution < -0.4 is 0 Å². The Morgan fingerprint density at radius 3 is 2.09 bits per heavy atom. The zero-order chi connectivity index (χ0) is 8.91. The van der Waals surface area contributed by atoms with Crippen molar-refractivity contribution < 1.29 is 4.74 Å². The summed E-state index contributed by atoms with van der Waals surface area (Å²) in [5.41, 5.74) is 0.444. The predicted octanol–water partition coefficient (Wildman–Crippen LogP) is 3.10. The van der Waals surface area contributed by atoms with Crippen molar-refractivity contribution in [1.82, 2.24) is 0 Å². The first-order valence-corrected chi connectivity index (χ1v) is 4.48. The van der Waals surface area contributed by atoms with Gasteiger partial charge in [0.25, 0.3) is 0 Å². The first kappa shape index (κ1) is 11.0. The second kappa shape index (κ2) is 4.76. The van der Waals surface area contributed by atoms with Crippen LogP contribution in [0.4, 0.5) is 0 Å². The molecule has 1 unspecified atom stereocenters. The van der Waals surface area contributed by atoms with Gasteiger partial charge in [0.2, 0.25) is 0 Å². The molecule has 0 aromatic heterocycles. The van der Waals surface area contributed by atoms with Gasteiger partial charge in [0.15, 0.2) is 0 Å². The summed E-state index contributed by atoms with van der Waals surface area (Å²) in [6, 6.07) is 0. The minimum Gasteiger partial charge on any atom is -0.384 e. The van der Waals surface area contributed by atoms with Gasteiger partial charge in [-0.15, -0.1) is 0 Å². The molecule has 0 aliphatic rings. The Labute approximate surface area is 71.1 Å². The fourth-order valence-corrected chi connectivity index (χ4v) is 1.42. The molecule has 0 aliphatic carbocycles. The maximum Gasteiger partial charge on any atom is 0.0490 e. The normalized spacial score (nSPS) is 15.0. The summed E-state index contributed by atoms with van der Waals surface area (Å²) >= 11 is 0. The molecule has 0 saturated carbocycles. The average molecular weight is 158 g/mol. The first-order chi connectivity index (χ1) is 4.99. The van der Waals surface area contributed by atoms with Crippen LogP contribution in [0.1, 0.15) is 40.5 Å². The van der Waals surface area contributed by atoms with Gasteiger partial charge in [-0.3, -0.25) is 0 Å². The van der Waals surface area contributed by atoms with Crippen molar-refractivity contribution in [2.24, 2.45) is 11.3 Å². The maximum atomic E-state index is 5.14. The van der Waals surface area contributed by atoms with Gasteiger partial charge >= 0.3 is 0 Å². The van der Waals surface area contributed by atoms with Gasteiger partial charge in [0.05, 0.1) is 0 Å². The topological polar surface area (TPSA) is 9.23 Å². The zero-order valence-corrected chi connectivity index (χ0v) is 8.61. The van der Waals surface area contributed by atoms with Crippen LogP contribution in [-0.2, 0) is 4.74 Å². The van der Waals surface area contributed by atoms with E-state index in [2.05, 4.69) is 27.7 Å². The molecule has 0 N–H and O–H groups in total. The van der Waals surface area contributed by atoms with Gasteiger partial charge in [0, 0.05) is 13.7 Å². The van der Waals surface area contributed by atoms with Crippen molar-refractivity contribution in [3.63, 3.8) is 0 Å². The molecule has 0 saturated heterocycles. The molecule has 0 aliphatic heterocycles. The molecule has 0 amide bonds. The van der Waals surface area contributed by atoms with Crippen molar-refractivity contribution in [2.45, 2.75) is 40.5 Å². The Bertz CT molecular complexity index is 91.5. The van der Waals surface area contributed by atoms with Gasteiger partial charge < -0.3 is 4.74 Å². The smallest absolute Gasteiger partial charge is 0.0490 e. The standard InChI is InChI=1S/C10H22O/c1-6-9(8-11-5)7-10(2,3)4/h9H,6-8H2,1-5H3. The van der Waals surface area contributed by atoms with Crippen LogP contribution >= 0.6 is 0 Å². The third-order valence-corrected chi connectivity index (χ3v) is 1.88. The summed E-state index contributed by atoms with van der Waals surface area (Å²) in [6.07, 6.45) is 2.49. The quantitative estimate of drug-likeness (QED) is 0.611. The molecule has 0 spiro atoms. The summed E-state index contributed by atoms with van der Waals surface area (Å²) in [6.45, 7) is 9.99. The molecule has 0 aromatic rings. The lowest BCUT2D eigenvalue weighted by molar-refractivity contribution is 0.124. The molecule has 11 heavy (non-hydrogen) atoms. The van der Waals surface area contributed by atoms with E-state index < -0.39 is 0 Å². The lowest BCUT2D eigenvalue weighted by Crippen LogP contribution is -2.16. The van der Waals surface area contributed by atoms with E-state index in [1.165, 1.54) is 12.8 Å². The average Bonchev–Trinajstić information content (AvgIpc) is 1.84. The van der Waals surface area contributed by atoms with Gasteiger partial charge in [-0.05, 0) is 17.8 Å². The van der Waals surface area contributed by atoms with Crippen LogP contribution in [0.25, 0.3) is 0 Å². The van der Waals surface area contributed by atoms with Crippen LogP contribution in [-0.4, -0.2) is 13.7 Å². The SMILES string of the molecule is CCC(COC)CC(C)(C)C. The number of hydrogen-bond acceptors (Lipinski definition) is 1. The Morgan fingerprint density at radius 1 is 1.27 bits per heavy atom. The number of ether oxygens (including phenoxy) is 1. The van der Waals surface area contributed by atoms with Crippen molar-refractivity contribution in [3.8, 4) is 0 Å². The highest BCUT2D eigenvalue weighted by atomic mass is 16.5. The number of methoxy groups -OCH3 is 1. The van der Waals surface area contributed by atoms with Crippen molar-refractivity contribution in [3.05, 3.63) is 0 Å². The second-order valence-electron chi connectivity index (χ2n) is 4.49. The van der Waals surface area contributed by atoms with Crippen molar-refractivity contribution >= 4 is 0 Å². The van der Waals surface area contributed by atoms with E-state index in [0.717, 1.165) is 12.5 Å². The van der Waals surface area contributed by atoms with Crippen LogP contribution in [0.2, 0.25) is 0 Å². The van der Waals surface area contributed by atoms with Gasteiger partial charge in [-0.25, -0.2) is 0 Å². The molecule has 0 fully saturated rings. The van der Waals surface area contributed by atoms with Crippen molar-refractivity contribution in [1.29, 1.82) is 0 Å². The van der Waals surface area contributed by atoms with E-state index in [9.17, 15) is 0 Å². The summed E-state index contributed by atoms with van der Waals surface area (Å²) in [5.74, 6) is 0.736. The van der Waals surface area contributed by atoms with Crippen LogP contribution in [0.15, 0.2) is 0 Å². The third-order valence-electron chi connectivity index (χ3n) is 1.88. The van der Waals surface area contributed by atoms with E-state index >= 15 is 0 Å².